The zero-order chi connectivity index (χ0) is 23.7. The summed E-state index contributed by atoms with van der Waals surface area (Å²) in [6.07, 6.45) is 0.314. The van der Waals surface area contributed by atoms with E-state index in [-0.39, 0.29) is 21.3 Å². The van der Waals surface area contributed by atoms with Crippen LogP contribution in [0.2, 0.25) is 0 Å². The van der Waals surface area contributed by atoms with E-state index in [4.69, 9.17) is 9.15 Å². The molecular weight excluding hydrogens is 448 g/mol. The summed E-state index contributed by atoms with van der Waals surface area (Å²) in [6, 6.07) is 28.0. The van der Waals surface area contributed by atoms with Crippen LogP contribution in [-0.4, -0.2) is 20.3 Å². The van der Waals surface area contributed by atoms with E-state index in [9.17, 15) is 13.2 Å². The van der Waals surface area contributed by atoms with Gasteiger partial charge in [-0.1, -0.05) is 78.4 Å². The SMILES string of the molecule is Cc1ccc(S(=O)(=O)C2=C(c3ccccc3)O[C@H](C(=O)c3ccco3)[C@H]2c2ccccc2)cc1. The van der Waals surface area contributed by atoms with Gasteiger partial charge < -0.3 is 9.15 Å². The number of Topliss-reactive ketones (excluding diaryl/α,β-unsaturated/α-hetero) is 1. The number of hydrogen-bond donors (Lipinski definition) is 0. The standard InChI is InChI=1S/C28H22O5S/c1-19-14-16-22(17-15-19)34(30,31)28-24(20-9-4-2-5-10-20)27(25(29)23-13-8-18-32-23)33-26(28)21-11-6-3-7-12-21/h2-18,24,27H,1H3/t24-,27+/m1/s1. The maximum atomic E-state index is 14.1. The van der Waals surface area contributed by atoms with E-state index in [1.807, 2.05) is 43.3 Å². The topological polar surface area (TPSA) is 73.6 Å². The van der Waals surface area contributed by atoms with E-state index in [0.717, 1.165) is 5.56 Å². The Kier molecular flexibility index (Phi) is 5.67. The number of carbonyl (C=O) groups excluding carboxylic acids is 1. The maximum Gasteiger partial charge on any atom is 0.239 e. The number of furan rings is 1. The van der Waals surface area contributed by atoms with Crippen molar-refractivity contribution in [3.05, 3.63) is 131 Å². The number of carbonyl (C=O) groups is 1. The second-order valence-electron chi connectivity index (χ2n) is 8.14. The van der Waals surface area contributed by atoms with Gasteiger partial charge in [0.1, 0.15) is 10.7 Å². The number of sulfone groups is 1. The van der Waals surface area contributed by atoms with Crippen LogP contribution < -0.4 is 0 Å². The zero-order valence-corrected chi connectivity index (χ0v) is 19.2. The van der Waals surface area contributed by atoms with Crippen molar-refractivity contribution in [3.63, 3.8) is 0 Å². The molecule has 0 saturated carbocycles. The Balaban J connectivity index is 1.76. The van der Waals surface area contributed by atoms with Gasteiger partial charge in [-0.25, -0.2) is 8.42 Å². The highest BCUT2D eigenvalue weighted by Gasteiger charge is 2.48. The molecule has 3 aromatic carbocycles. The third-order valence-corrected chi connectivity index (χ3v) is 7.80. The van der Waals surface area contributed by atoms with Crippen molar-refractivity contribution in [1.82, 2.24) is 0 Å². The van der Waals surface area contributed by atoms with Gasteiger partial charge >= 0.3 is 0 Å². The fourth-order valence-electron chi connectivity index (χ4n) is 4.22. The maximum absolute atomic E-state index is 14.1. The molecule has 2 heterocycles. The van der Waals surface area contributed by atoms with Gasteiger partial charge in [0.25, 0.3) is 0 Å². The lowest BCUT2D eigenvalue weighted by molar-refractivity contribution is 0.0725. The normalized spacial score (nSPS) is 18.0. The summed E-state index contributed by atoms with van der Waals surface area (Å²) in [5, 5.41) is 0. The van der Waals surface area contributed by atoms with Crippen molar-refractivity contribution >= 4 is 21.4 Å². The molecule has 2 atom stereocenters. The molecule has 0 aliphatic carbocycles. The molecular formula is C28H22O5S. The first-order chi connectivity index (χ1) is 16.5. The summed E-state index contributed by atoms with van der Waals surface area (Å²) in [4.78, 5) is 13.7. The molecule has 34 heavy (non-hydrogen) atoms. The summed E-state index contributed by atoms with van der Waals surface area (Å²) in [6.45, 7) is 1.90. The Hall–Kier alpha value is -3.90. The molecule has 1 aliphatic heterocycles. The Bertz CT molecular complexity index is 1440. The largest absolute Gasteiger partial charge is 0.479 e. The molecule has 0 radical (unpaired) electrons. The smallest absolute Gasteiger partial charge is 0.239 e. The molecule has 0 amide bonds. The van der Waals surface area contributed by atoms with Gasteiger partial charge in [-0.2, -0.15) is 0 Å². The first kappa shape index (κ1) is 21.9. The molecule has 0 saturated heterocycles. The summed E-state index contributed by atoms with van der Waals surface area (Å²) in [7, 11) is -4.01. The minimum Gasteiger partial charge on any atom is -0.479 e. The van der Waals surface area contributed by atoms with Crippen LogP contribution in [0.1, 0.15) is 33.2 Å². The molecule has 6 heteroatoms. The molecule has 5 rings (SSSR count). The number of rotatable bonds is 6. The molecule has 0 unspecified atom stereocenters. The molecule has 0 bridgehead atoms. The fourth-order valence-corrected chi connectivity index (χ4v) is 5.97. The minimum atomic E-state index is -4.01. The first-order valence-electron chi connectivity index (χ1n) is 10.9. The van der Waals surface area contributed by atoms with Gasteiger partial charge in [-0.3, -0.25) is 4.79 Å². The van der Waals surface area contributed by atoms with E-state index in [1.165, 1.54) is 6.26 Å². The molecule has 0 spiro atoms. The van der Waals surface area contributed by atoms with Crippen molar-refractivity contribution in [2.24, 2.45) is 0 Å². The molecule has 4 aromatic rings. The van der Waals surface area contributed by atoms with Crippen LogP contribution in [0.5, 0.6) is 0 Å². The Morgan fingerprint density at radius 1 is 0.794 bits per heavy atom. The van der Waals surface area contributed by atoms with Crippen LogP contribution in [0, 0.1) is 6.92 Å². The second kappa shape index (κ2) is 8.80. The average Bonchev–Trinajstić information content (AvgIpc) is 3.54. The van der Waals surface area contributed by atoms with Crippen LogP contribution in [0.25, 0.3) is 5.76 Å². The summed E-state index contributed by atoms with van der Waals surface area (Å²) in [5.74, 6) is -0.964. The van der Waals surface area contributed by atoms with E-state index in [0.29, 0.717) is 11.1 Å². The predicted octanol–water partition coefficient (Wildman–Crippen LogP) is 5.80. The minimum absolute atomic E-state index is 0.0682. The van der Waals surface area contributed by atoms with Gasteiger partial charge in [0.2, 0.25) is 15.6 Å². The van der Waals surface area contributed by atoms with E-state index >= 15 is 0 Å². The molecule has 5 nitrogen and oxygen atoms in total. The quantitative estimate of drug-likeness (QED) is 0.333. The lowest BCUT2D eigenvalue weighted by Gasteiger charge is -2.20. The molecule has 1 aliphatic rings. The second-order valence-corrected chi connectivity index (χ2v) is 10.1. The van der Waals surface area contributed by atoms with Crippen LogP contribution in [0.15, 0.2) is 118 Å². The van der Waals surface area contributed by atoms with Gasteiger partial charge in [-0.05, 0) is 36.8 Å². The Morgan fingerprint density at radius 3 is 2.06 bits per heavy atom. The van der Waals surface area contributed by atoms with Crippen molar-refractivity contribution in [2.75, 3.05) is 0 Å². The van der Waals surface area contributed by atoms with Gasteiger partial charge in [0, 0.05) is 5.56 Å². The summed E-state index contributed by atoms with van der Waals surface area (Å²) >= 11 is 0. The van der Waals surface area contributed by atoms with Crippen LogP contribution in [0.3, 0.4) is 0 Å². The highest BCUT2D eigenvalue weighted by molar-refractivity contribution is 7.95. The van der Waals surface area contributed by atoms with Crippen molar-refractivity contribution in [1.29, 1.82) is 0 Å². The average molecular weight is 471 g/mol. The van der Waals surface area contributed by atoms with E-state index < -0.39 is 27.6 Å². The molecule has 0 N–H and O–H groups in total. The Labute approximate surface area is 198 Å². The van der Waals surface area contributed by atoms with Crippen molar-refractivity contribution < 1.29 is 22.4 Å². The first-order valence-corrected chi connectivity index (χ1v) is 12.4. The highest BCUT2D eigenvalue weighted by Crippen LogP contribution is 2.48. The predicted molar refractivity (Wildman–Crippen MR) is 129 cm³/mol. The number of ketones is 1. The van der Waals surface area contributed by atoms with Gasteiger partial charge in [0.05, 0.1) is 17.1 Å². The lowest BCUT2D eigenvalue weighted by Crippen LogP contribution is -2.28. The third kappa shape index (κ3) is 3.86. The van der Waals surface area contributed by atoms with E-state index in [1.54, 1.807) is 60.7 Å². The number of benzene rings is 3. The lowest BCUT2D eigenvalue weighted by atomic mass is 9.90. The van der Waals surface area contributed by atoms with Gasteiger partial charge in [-0.15, -0.1) is 0 Å². The Morgan fingerprint density at radius 2 is 1.44 bits per heavy atom. The summed E-state index contributed by atoms with van der Waals surface area (Å²) in [5.41, 5.74) is 2.21. The summed E-state index contributed by atoms with van der Waals surface area (Å²) < 4.78 is 39.8. The van der Waals surface area contributed by atoms with Gasteiger partial charge in [0.15, 0.2) is 11.9 Å². The number of hydrogen-bond acceptors (Lipinski definition) is 5. The highest BCUT2D eigenvalue weighted by atomic mass is 32.2. The van der Waals surface area contributed by atoms with Crippen LogP contribution >= 0.6 is 0 Å². The third-order valence-electron chi connectivity index (χ3n) is 5.89. The fraction of sp³-hybridized carbons (Fsp3) is 0.107. The monoisotopic (exact) mass is 470 g/mol. The zero-order valence-electron chi connectivity index (χ0n) is 18.4. The van der Waals surface area contributed by atoms with Crippen LogP contribution in [0.4, 0.5) is 0 Å². The molecule has 170 valence electrons. The van der Waals surface area contributed by atoms with Crippen molar-refractivity contribution in [2.45, 2.75) is 23.8 Å². The number of ether oxygens (including phenoxy) is 1. The molecule has 1 aromatic heterocycles. The van der Waals surface area contributed by atoms with E-state index in [2.05, 4.69) is 0 Å². The van der Waals surface area contributed by atoms with Crippen LogP contribution in [-0.2, 0) is 14.6 Å². The van der Waals surface area contributed by atoms with Crippen molar-refractivity contribution in [3.8, 4) is 0 Å². The number of aryl methyl sites for hydroxylation is 1. The molecule has 0 fully saturated rings.